The van der Waals surface area contributed by atoms with Crippen LogP contribution in [0, 0.1) is 0 Å². The molecule has 0 unspecified atom stereocenters. The second-order valence-corrected chi connectivity index (χ2v) is 4.41. The lowest BCUT2D eigenvalue weighted by molar-refractivity contribution is 0.999. The first-order valence-electron chi connectivity index (χ1n) is 5.51. The van der Waals surface area contributed by atoms with Crippen LogP contribution in [0.2, 0.25) is 0 Å². The van der Waals surface area contributed by atoms with Gasteiger partial charge in [0.05, 0.1) is 17.9 Å². The fraction of sp³-hybridized carbons (Fsp3) is 0.0833. The molecule has 0 atom stereocenters. The van der Waals surface area contributed by atoms with Crippen LogP contribution in [0.5, 0.6) is 0 Å². The van der Waals surface area contributed by atoms with E-state index in [9.17, 15) is 0 Å². The number of nitrogens with zero attached hydrogens (tertiary/aromatic N) is 3. The zero-order valence-corrected chi connectivity index (χ0v) is 10.3. The molecule has 0 saturated heterocycles. The van der Waals surface area contributed by atoms with Gasteiger partial charge in [0, 0.05) is 17.3 Å². The van der Waals surface area contributed by atoms with Crippen LogP contribution in [-0.2, 0) is 6.54 Å². The first-order valence-corrected chi connectivity index (χ1v) is 6.35. The van der Waals surface area contributed by atoms with E-state index >= 15 is 0 Å². The van der Waals surface area contributed by atoms with Gasteiger partial charge in [0.1, 0.15) is 0 Å². The minimum atomic E-state index is 0.694. The van der Waals surface area contributed by atoms with Crippen LogP contribution >= 0.6 is 11.5 Å². The van der Waals surface area contributed by atoms with Crippen molar-refractivity contribution >= 4 is 17.2 Å². The molecule has 3 rings (SSSR count). The largest absolute Gasteiger partial charge is 0.379 e. The van der Waals surface area contributed by atoms with Crippen LogP contribution in [0.4, 0.5) is 5.69 Å². The van der Waals surface area contributed by atoms with E-state index in [-0.39, 0.29) is 0 Å². The van der Waals surface area contributed by atoms with E-state index in [2.05, 4.69) is 37.2 Å². The molecular formula is C12H11N5S. The number of anilines is 1. The van der Waals surface area contributed by atoms with Gasteiger partial charge in [-0.3, -0.25) is 5.10 Å². The average molecular weight is 257 g/mol. The van der Waals surface area contributed by atoms with E-state index in [1.807, 2.05) is 23.6 Å². The van der Waals surface area contributed by atoms with E-state index in [0.717, 1.165) is 22.6 Å². The lowest BCUT2D eigenvalue weighted by Crippen LogP contribution is -1.99. The molecule has 0 aliphatic rings. The second-order valence-electron chi connectivity index (χ2n) is 3.80. The summed E-state index contributed by atoms with van der Waals surface area (Å²) in [5, 5.41) is 16.1. The minimum absolute atomic E-state index is 0.694. The highest BCUT2D eigenvalue weighted by Crippen LogP contribution is 2.19. The molecule has 0 saturated carbocycles. The van der Waals surface area contributed by atoms with Crippen LogP contribution < -0.4 is 5.32 Å². The molecule has 0 aliphatic carbocycles. The molecule has 0 amide bonds. The van der Waals surface area contributed by atoms with Gasteiger partial charge in [-0.15, -0.1) is 5.10 Å². The van der Waals surface area contributed by atoms with Crippen molar-refractivity contribution < 1.29 is 0 Å². The highest BCUT2D eigenvalue weighted by atomic mass is 32.1. The third-order valence-corrected chi connectivity index (χ3v) is 3.13. The Hall–Kier alpha value is -2.21. The molecule has 2 heterocycles. The Kier molecular flexibility index (Phi) is 3.01. The summed E-state index contributed by atoms with van der Waals surface area (Å²) in [5.41, 5.74) is 4.16. The normalized spacial score (nSPS) is 10.4. The molecule has 0 fully saturated rings. The van der Waals surface area contributed by atoms with Crippen molar-refractivity contribution in [2.45, 2.75) is 6.54 Å². The zero-order chi connectivity index (χ0) is 12.2. The van der Waals surface area contributed by atoms with Crippen LogP contribution in [-0.4, -0.2) is 19.8 Å². The summed E-state index contributed by atoms with van der Waals surface area (Å²) in [4.78, 5) is 0. The Morgan fingerprint density at radius 1 is 1.17 bits per heavy atom. The molecule has 3 aromatic rings. The van der Waals surface area contributed by atoms with Crippen molar-refractivity contribution in [3.63, 3.8) is 0 Å². The fourth-order valence-electron chi connectivity index (χ4n) is 1.64. The minimum Gasteiger partial charge on any atom is -0.379 e. The first kappa shape index (κ1) is 10.9. The molecule has 0 spiro atoms. The Morgan fingerprint density at radius 2 is 2.06 bits per heavy atom. The van der Waals surface area contributed by atoms with Gasteiger partial charge in [0.15, 0.2) is 0 Å². The lowest BCUT2D eigenvalue weighted by atomic mass is 10.1. The summed E-state index contributed by atoms with van der Waals surface area (Å²) >= 11 is 1.36. The summed E-state index contributed by atoms with van der Waals surface area (Å²) < 4.78 is 3.82. The molecule has 0 bridgehead atoms. The molecule has 0 aliphatic heterocycles. The van der Waals surface area contributed by atoms with Gasteiger partial charge in [-0.1, -0.05) is 16.6 Å². The summed E-state index contributed by atoms with van der Waals surface area (Å²) in [6, 6.07) is 10.1. The summed E-state index contributed by atoms with van der Waals surface area (Å²) in [7, 11) is 0. The molecule has 6 heteroatoms. The van der Waals surface area contributed by atoms with E-state index in [0.29, 0.717) is 6.54 Å². The van der Waals surface area contributed by atoms with Crippen LogP contribution in [0.25, 0.3) is 11.3 Å². The van der Waals surface area contributed by atoms with E-state index < -0.39 is 0 Å². The van der Waals surface area contributed by atoms with Crippen molar-refractivity contribution in [1.29, 1.82) is 0 Å². The van der Waals surface area contributed by atoms with Gasteiger partial charge >= 0.3 is 0 Å². The predicted molar refractivity (Wildman–Crippen MR) is 71.3 cm³/mol. The number of H-pyrrole nitrogens is 1. The van der Waals surface area contributed by atoms with E-state index in [1.54, 1.807) is 6.20 Å². The Bertz CT molecular complexity index is 586. The maximum absolute atomic E-state index is 3.98. The topological polar surface area (TPSA) is 66.5 Å². The van der Waals surface area contributed by atoms with Crippen molar-refractivity contribution in [1.82, 2.24) is 19.8 Å². The molecule has 0 radical (unpaired) electrons. The van der Waals surface area contributed by atoms with Crippen LogP contribution in [0.1, 0.15) is 5.69 Å². The third-order valence-electron chi connectivity index (χ3n) is 2.58. The average Bonchev–Trinajstić information content (AvgIpc) is 3.10. The number of rotatable bonds is 4. The number of hydrogen-bond acceptors (Lipinski definition) is 5. The molecule has 2 N–H and O–H groups in total. The summed E-state index contributed by atoms with van der Waals surface area (Å²) in [6.45, 7) is 0.694. The zero-order valence-electron chi connectivity index (χ0n) is 9.50. The maximum Gasteiger partial charge on any atom is 0.0946 e. The van der Waals surface area contributed by atoms with Gasteiger partial charge in [-0.05, 0) is 35.3 Å². The summed E-state index contributed by atoms with van der Waals surface area (Å²) in [5.74, 6) is 0. The highest BCUT2D eigenvalue weighted by molar-refractivity contribution is 7.03. The maximum atomic E-state index is 3.98. The van der Waals surface area contributed by atoms with Crippen molar-refractivity contribution in [2.24, 2.45) is 0 Å². The number of aromatic amines is 1. The SMILES string of the molecule is c1cc(-c2ccc(NCc3csnn3)cc2)[nH]n1. The van der Waals surface area contributed by atoms with Gasteiger partial charge in [-0.25, -0.2) is 0 Å². The monoisotopic (exact) mass is 257 g/mol. The summed E-state index contributed by atoms with van der Waals surface area (Å²) in [6.07, 6.45) is 1.75. The molecule has 18 heavy (non-hydrogen) atoms. The molecule has 1 aromatic carbocycles. The van der Waals surface area contributed by atoms with Crippen molar-refractivity contribution in [2.75, 3.05) is 5.32 Å². The van der Waals surface area contributed by atoms with Gasteiger partial charge < -0.3 is 5.32 Å². The predicted octanol–water partition coefficient (Wildman–Crippen LogP) is 2.54. The first-order chi connectivity index (χ1) is 8.92. The Morgan fingerprint density at radius 3 is 2.72 bits per heavy atom. The van der Waals surface area contributed by atoms with Gasteiger partial charge in [0.25, 0.3) is 0 Å². The number of nitrogens with one attached hydrogen (secondary N) is 2. The van der Waals surface area contributed by atoms with Gasteiger partial charge in [0.2, 0.25) is 0 Å². The van der Waals surface area contributed by atoms with Gasteiger partial charge in [-0.2, -0.15) is 5.10 Å². The Balaban J connectivity index is 1.68. The van der Waals surface area contributed by atoms with Crippen molar-refractivity contribution in [3.8, 4) is 11.3 Å². The fourth-order valence-corrected chi connectivity index (χ4v) is 2.09. The second kappa shape index (κ2) is 4.97. The highest BCUT2D eigenvalue weighted by Gasteiger charge is 2.00. The van der Waals surface area contributed by atoms with Crippen molar-refractivity contribution in [3.05, 3.63) is 47.6 Å². The molecule has 90 valence electrons. The van der Waals surface area contributed by atoms with E-state index in [1.165, 1.54) is 11.5 Å². The standard InChI is InChI=1S/C12H11N5S/c1-3-10(13-7-11-8-18-17-15-11)4-2-9(1)12-5-6-14-16-12/h1-6,8,13H,7H2,(H,14,16). The molecular weight excluding hydrogens is 246 g/mol. The quantitative estimate of drug-likeness (QED) is 0.753. The number of benzene rings is 1. The molecule has 5 nitrogen and oxygen atoms in total. The van der Waals surface area contributed by atoms with E-state index in [4.69, 9.17) is 0 Å². The Labute approximate surface area is 108 Å². The number of aromatic nitrogens is 4. The molecule has 2 aromatic heterocycles. The number of hydrogen-bond donors (Lipinski definition) is 2. The third kappa shape index (κ3) is 2.38. The lowest BCUT2D eigenvalue weighted by Gasteiger charge is -2.05. The van der Waals surface area contributed by atoms with Crippen LogP contribution in [0.3, 0.4) is 0 Å². The smallest absolute Gasteiger partial charge is 0.0946 e. The van der Waals surface area contributed by atoms with Crippen LogP contribution in [0.15, 0.2) is 41.9 Å².